The minimum Gasteiger partial charge on any atom is -0.493 e. The number of carbonyl (C=O) groups excluding carboxylic acids is 1. The third-order valence-electron chi connectivity index (χ3n) is 4.10. The van der Waals surface area contributed by atoms with E-state index in [1.807, 2.05) is 66.7 Å². The number of ether oxygens (including phenoxy) is 2. The van der Waals surface area contributed by atoms with Crippen LogP contribution in [0.2, 0.25) is 0 Å². The summed E-state index contributed by atoms with van der Waals surface area (Å²) >= 11 is 0. The standard InChI is InChI=1S/C23H21NO3/c1-26-21-13-4-5-14-22(21)27-16-7-6-15-24-23(25)17-19-11-8-10-18-9-2-3-12-20(18)19/h2-5,8-14H,15-17H2,1H3,(H,24,25). The first kappa shape index (κ1) is 18.3. The van der Waals surface area contributed by atoms with Crippen molar-refractivity contribution in [3.63, 3.8) is 0 Å². The number of hydrogen-bond donors (Lipinski definition) is 1. The largest absolute Gasteiger partial charge is 0.493 e. The molecule has 0 bridgehead atoms. The number of hydrogen-bond acceptors (Lipinski definition) is 3. The van der Waals surface area contributed by atoms with Crippen LogP contribution in [0.25, 0.3) is 10.8 Å². The lowest BCUT2D eigenvalue weighted by atomic mass is 10.0. The molecule has 3 aromatic carbocycles. The zero-order chi connectivity index (χ0) is 18.9. The van der Waals surface area contributed by atoms with E-state index < -0.39 is 0 Å². The van der Waals surface area contributed by atoms with Crippen molar-refractivity contribution in [1.82, 2.24) is 5.32 Å². The third kappa shape index (κ3) is 5.02. The predicted molar refractivity (Wildman–Crippen MR) is 107 cm³/mol. The molecule has 27 heavy (non-hydrogen) atoms. The van der Waals surface area contributed by atoms with Gasteiger partial charge in [-0.2, -0.15) is 0 Å². The minimum atomic E-state index is -0.0497. The highest BCUT2D eigenvalue weighted by atomic mass is 16.5. The van der Waals surface area contributed by atoms with Gasteiger partial charge in [0.25, 0.3) is 0 Å². The maximum absolute atomic E-state index is 12.2. The van der Waals surface area contributed by atoms with Gasteiger partial charge in [-0.25, -0.2) is 0 Å². The predicted octanol–water partition coefficient (Wildman–Crippen LogP) is 3.59. The molecule has 3 rings (SSSR count). The molecule has 0 atom stereocenters. The summed E-state index contributed by atoms with van der Waals surface area (Å²) in [4.78, 5) is 12.2. The fourth-order valence-electron chi connectivity index (χ4n) is 2.79. The van der Waals surface area contributed by atoms with E-state index in [4.69, 9.17) is 9.47 Å². The molecule has 0 saturated carbocycles. The van der Waals surface area contributed by atoms with E-state index in [1.165, 1.54) is 0 Å². The summed E-state index contributed by atoms with van der Waals surface area (Å²) in [5.41, 5.74) is 1.01. The molecule has 1 N–H and O–H groups in total. The van der Waals surface area contributed by atoms with Gasteiger partial charge in [-0.15, -0.1) is 0 Å². The van der Waals surface area contributed by atoms with E-state index in [1.54, 1.807) is 7.11 Å². The zero-order valence-electron chi connectivity index (χ0n) is 15.2. The first-order valence-corrected chi connectivity index (χ1v) is 8.73. The van der Waals surface area contributed by atoms with E-state index in [9.17, 15) is 4.79 Å². The summed E-state index contributed by atoms with van der Waals surface area (Å²) in [6.07, 6.45) is 0.334. The quantitative estimate of drug-likeness (QED) is 0.684. The van der Waals surface area contributed by atoms with Crippen LogP contribution in [0.4, 0.5) is 0 Å². The van der Waals surface area contributed by atoms with Crippen molar-refractivity contribution < 1.29 is 14.3 Å². The number of rotatable bonds is 6. The maximum Gasteiger partial charge on any atom is 0.225 e. The average Bonchev–Trinajstić information content (AvgIpc) is 2.71. The molecule has 1 amide bonds. The highest BCUT2D eigenvalue weighted by Gasteiger charge is 2.05. The first-order chi connectivity index (χ1) is 13.3. The fourth-order valence-corrected chi connectivity index (χ4v) is 2.79. The topological polar surface area (TPSA) is 47.6 Å². The van der Waals surface area contributed by atoms with Crippen LogP contribution in [0.15, 0.2) is 66.7 Å². The van der Waals surface area contributed by atoms with Gasteiger partial charge in [-0.1, -0.05) is 66.4 Å². The van der Waals surface area contributed by atoms with Crippen molar-refractivity contribution in [2.75, 3.05) is 20.3 Å². The van der Waals surface area contributed by atoms with Gasteiger partial charge in [0.05, 0.1) is 20.1 Å². The van der Waals surface area contributed by atoms with Gasteiger partial charge < -0.3 is 14.8 Å². The Kier molecular flexibility index (Phi) is 6.32. The number of nitrogens with one attached hydrogen (secondary N) is 1. The molecule has 0 aliphatic heterocycles. The zero-order valence-corrected chi connectivity index (χ0v) is 15.2. The van der Waals surface area contributed by atoms with E-state index in [2.05, 4.69) is 17.2 Å². The van der Waals surface area contributed by atoms with E-state index >= 15 is 0 Å². The smallest absolute Gasteiger partial charge is 0.225 e. The first-order valence-electron chi connectivity index (χ1n) is 8.73. The van der Waals surface area contributed by atoms with Crippen molar-refractivity contribution in [3.05, 3.63) is 72.3 Å². The lowest BCUT2D eigenvalue weighted by molar-refractivity contribution is -0.120. The van der Waals surface area contributed by atoms with Gasteiger partial charge in [0.15, 0.2) is 11.5 Å². The van der Waals surface area contributed by atoms with Crippen molar-refractivity contribution in [1.29, 1.82) is 0 Å². The molecule has 0 radical (unpaired) electrons. The molecule has 0 aliphatic rings. The molecular weight excluding hydrogens is 338 g/mol. The van der Waals surface area contributed by atoms with Gasteiger partial charge in [0, 0.05) is 0 Å². The average molecular weight is 359 g/mol. The molecule has 0 aliphatic carbocycles. The Labute approximate surface area is 159 Å². The van der Waals surface area contributed by atoms with Crippen LogP contribution in [-0.2, 0) is 11.2 Å². The number of para-hydroxylation sites is 2. The molecule has 0 fully saturated rings. The van der Waals surface area contributed by atoms with Gasteiger partial charge in [0.1, 0.15) is 6.61 Å². The van der Waals surface area contributed by atoms with E-state index in [0.29, 0.717) is 24.5 Å². The molecule has 4 nitrogen and oxygen atoms in total. The van der Waals surface area contributed by atoms with Gasteiger partial charge in [-0.3, -0.25) is 4.79 Å². The second-order valence-electron chi connectivity index (χ2n) is 5.88. The Balaban J connectivity index is 1.47. The summed E-state index contributed by atoms with van der Waals surface area (Å²) in [5, 5.41) is 5.06. The highest BCUT2D eigenvalue weighted by molar-refractivity contribution is 5.90. The Bertz CT molecular complexity index is 980. The van der Waals surface area contributed by atoms with E-state index in [-0.39, 0.29) is 12.5 Å². The lowest BCUT2D eigenvalue weighted by Gasteiger charge is -2.07. The maximum atomic E-state index is 12.2. The molecule has 0 spiro atoms. The van der Waals surface area contributed by atoms with E-state index in [0.717, 1.165) is 16.3 Å². The second kappa shape index (κ2) is 9.30. The summed E-state index contributed by atoms with van der Waals surface area (Å²) < 4.78 is 10.8. The minimum absolute atomic E-state index is 0.0497. The van der Waals surface area contributed by atoms with Crippen LogP contribution in [0, 0.1) is 11.8 Å². The van der Waals surface area contributed by atoms with Crippen molar-refractivity contribution in [2.45, 2.75) is 6.42 Å². The highest BCUT2D eigenvalue weighted by Crippen LogP contribution is 2.25. The Morgan fingerprint density at radius 3 is 2.52 bits per heavy atom. The van der Waals surface area contributed by atoms with Gasteiger partial charge in [-0.05, 0) is 28.5 Å². The third-order valence-corrected chi connectivity index (χ3v) is 4.10. The fraction of sp³-hybridized carbons (Fsp3) is 0.174. The van der Waals surface area contributed by atoms with Gasteiger partial charge in [0.2, 0.25) is 5.91 Å². The number of methoxy groups -OCH3 is 1. The molecule has 0 aromatic heterocycles. The Hall–Kier alpha value is -3.45. The molecule has 0 unspecified atom stereocenters. The van der Waals surface area contributed by atoms with Crippen LogP contribution in [0.1, 0.15) is 5.56 Å². The number of amides is 1. The van der Waals surface area contributed by atoms with Crippen molar-refractivity contribution >= 4 is 16.7 Å². The van der Waals surface area contributed by atoms with Crippen LogP contribution < -0.4 is 14.8 Å². The molecule has 136 valence electrons. The van der Waals surface area contributed by atoms with Crippen molar-refractivity contribution in [2.24, 2.45) is 0 Å². The second-order valence-corrected chi connectivity index (χ2v) is 5.88. The number of carbonyl (C=O) groups is 1. The Morgan fingerprint density at radius 2 is 1.67 bits per heavy atom. The van der Waals surface area contributed by atoms with Crippen LogP contribution in [0.3, 0.4) is 0 Å². The Morgan fingerprint density at radius 1 is 0.926 bits per heavy atom. The molecule has 3 aromatic rings. The lowest BCUT2D eigenvalue weighted by Crippen LogP contribution is -2.25. The summed E-state index contributed by atoms with van der Waals surface area (Å²) in [5.74, 6) is 7.06. The van der Waals surface area contributed by atoms with Crippen LogP contribution in [-0.4, -0.2) is 26.2 Å². The monoisotopic (exact) mass is 359 g/mol. The molecular formula is C23H21NO3. The van der Waals surface area contributed by atoms with Crippen LogP contribution in [0.5, 0.6) is 11.5 Å². The molecule has 0 saturated heterocycles. The number of fused-ring (bicyclic) bond motifs is 1. The number of benzene rings is 3. The summed E-state index contributed by atoms with van der Waals surface area (Å²) in [7, 11) is 1.60. The van der Waals surface area contributed by atoms with Gasteiger partial charge >= 0.3 is 0 Å². The molecule has 4 heteroatoms. The summed E-state index contributed by atoms with van der Waals surface area (Å²) in [6, 6.07) is 21.5. The van der Waals surface area contributed by atoms with Crippen LogP contribution >= 0.6 is 0 Å². The van der Waals surface area contributed by atoms with Crippen molar-refractivity contribution in [3.8, 4) is 23.3 Å². The SMILES string of the molecule is COc1ccccc1OCC#CCNC(=O)Cc1cccc2ccccc12. The molecule has 0 heterocycles. The summed E-state index contributed by atoms with van der Waals surface area (Å²) in [6.45, 7) is 0.526. The normalized spacial score (nSPS) is 9.96.